The van der Waals surface area contributed by atoms with E-state index in [1.54, 1.807) is 14.2 Å². The molecule has 28 heavy (non-hydrogen) atoms. The van der Waals surface area contributed by atoms with E-state index in [-0.39, 0.29) is 24.0 Å². The third kappa shape index (κ3) is 5.87. The lowest BCUT2D eigenvalue weighted by Gasteiger charge is -2.32. The summed E-state index contributed by atoms with van der Waals surface area (Å²) in [6.07, 6.45) is 1.18. The smallest absolute Gasteiger partial charge is 0.194 e. The number of ether oxygens (including phenoxy) is 3. The van der Waals surface area contributed by atoms with E-state index >= 15 is 0 Å². The molecule has 1 atom stereocenters. The van der Waals surface area contributed by atoms with Gasteiger partial charge in [-0.05, 0) is 25.5 Å². The zero-order valence-corrected chi connectivity index (χ0v) is 19.5. The average Bonchev–Trinajstić information content (AvgIpc) is 3.21. The van der Waals surface area contributed by atoms with E-state index in [4.69, 9.17) is 19.2 Å². The highest BCUT2D eigenvalue weighted by molar-refractivity contribution is 14.0. The molecule has 0 aromatic heterocycles. The second kappa shape index (κ2) is 11.7. The normalized spacial score (nSPS) is 20.6. The number of hydrogen-bond acceptors (Lipinski definition) is 5. The van der Waals surface area contributed by atoms with Gasteiger partial charge in [0.1, 0.15) is 11.5 Å². The zero-order chi connectivity index (χ0) is 19.1. The topological polar surface area (TPSA) is 58.6 Å². The Kier molecular flexibility index (Phi) is 9.60. The molecule has 0 spiro atoms. The number of methoxy groups -OCH3 is 2. The Labute approximate surface area is 185 Å². The monoisotopic (exact) mass is 504 g/mol. The van der Waals surface area contributed by atoms with Crippen molar-refractivity contribution in [3.8, 4) is 11.5 Å². The van der Waals surface area contributed by atoms with Gasteiger partial charge in [0.15, 0.2) is 5.96 Å². The van der Waals surface area contributed by atoms with Gasteiger partial charge in [0, 0.05) is 50.4 Å². The van der Waals surface area contributed by atoms with Crippen molar-refractivity contribution in [2.45, 2.75) is 25.9 Å². The van der Waals surface area contributed by atoms with Crippen molar-refractivity contribution >= 4 is 29.9 Å². The van der Waals surface area contributed by atoms with Crippen molar-refractivity contribution in [2.24, 2.45) is 4.99 Å². The lowest BCUT2D eigenvalue weighted by molar-refractivity contribution is 0.0195. The molecule has 7 nitrogen and oxygen atoms in total. The molecular formula is C20H33IN4O3. The Morgan fingerprint density at radius 2 is 2.00 bits per heavy atom. The molecular weight excluding hydrogens is 471 g/mol. The third-order valence-corrected chi connectivity index (χ3v) is 5.25. The molecule has 0 aliphatic carbocycles. The average molecular weight is 504 g/mol. The van der Waals surface area contributed by atoms with E-state index in [2.05, 4.69) is 22.0 Å². The van der Waals surface area contributed by atoms with E-state index in [0.717, 1.165) is 69.0 Å². The van der Waals surface area contributed by atoms with Crippen LogP contribution in [-0.4, -0.2) is 82.0 Å². The first kappa shape index (κ1) is 23.0. The predicted molar refractivity (Wildman–Crippen MR) is 122 cm³/mol. The fourth-order valence-corrected chi connectivity index (χ4v) is 3.74. The molecule has 0 radical (unpaired) electrons. The highest BCUT2D eigenvalue weighted by Gasteiger charge is 2.30. The summed E-state index contributed by atoms with van der Waals surface area (Å²) in [4.78, 5) is 9.81. The van der Waals surface area contributed by atoms with Crippen molar-refractivity contribution < 1.29 is 14.2 Å². The van der Waals surface area contributed by atoms with Crippen molar-refractivity contribution in [1.29, 1.82) is 0 Å². The van der Waals surface area contributed by atoms with E-state index < -0.39 is 0 Å². The number of guanidine groups is 1. The van der Waals surface area contributed by atoms with Gasteiger partial charge in [-0.1, -0.05) is 0 Å². The Bertz CT molecular complexity index is 638. The van der Waals surface area contributed by atoms with Crippen LogP contribution in [-0.2, 0) is 11.3 Å². The summed E-state index contributed by atoms with van der Waals surface area (Å²) >= 11 is 0. The fraction of sp³-hybridized carbons (Fsp3) is 0.650. The minimum atomic E-state index is 0. The molecule has 0 bridgehead atoms. The first-order chi connectivity index (χ1) is 13.2. The number of morpholine rings is 1. The number of likely N-dealkylation sites (tertiary alicyclic amines) is 1. The molecule has 0 saturated carbocycles. The molecule has 1 aromatic rings. The Hall–Kier alpha value is -1.26. The van der Waals surface area contributed by atoms with Crippen LogP contribution in [0.15, 0.2) is 23.2 Å². The van der Waals surface area contributed by atoms with Gasteiger partial charge in [-0.25, -0.2) is 4.99 Å². The maximum Gasteiger partial charge on any atom is 0.194 e. The summed E-state index contributed by atoms with van der Waals surface area (Å²) in [5.74, 6) is 2.58. The van der Waals surface area contributed by atoms with E-state index in [1.807, 2.05) is 18.2 Å². The van der Waals surface area contributed by atoms with Crippen LogP contribution in [0, 0.1) is 0 Å². The summed E-state index contributed by atoms with van der Waals surface area (Å²) in [5, 5.41) is 3.45. The maximum atomic E-state index is 5.50. The van der Waals surface area contributed by atoms with E-state index in [0.29, 0.717) is 12.6 Å². The third-order valence-electron chi connectivity index (χ3n) is 5.25. The van der Waals surface area contributed by atoms with Crippen LogP contribution in [0.5, 0.6) is 11.5 Å². The minimum absolute atomic E-state index is 0. The molecule has 2 aliphatic rings. The zero-order valence-electron chi connectivity index (χ0n) is 17.1. The second-order valence-corrected chi connectivity index (χ2v) is 6.88. The van der Waals surface area contributed by atoms with Crippen LogP contribution < -0.4 is 14.8 Å². The fourth-order valence-electron chi connectivity index (χ4n) is 3.74. The number of benzene rings is 1. The Balaban J connectivity index is 0.00000280. The van der Waals surface area contributed by atoms with Gasteiger partial charge >= 0.3 is 0 Å². The van der Waals surface area contributed by atoms with Crippen LogP contribution in [0.3, 0.4) is 0 Å². The minimum Gasteiger partial charge on any atom is -0.497 e. The highest BCUT2D eigenvalue weighted by Crippen LogP contribution is 2.25. The summed E-state index contributed by atoms with van der Waals surface area (Å²) in [5.41, 5.74) is 1.05. The van der Waals surface area contributed by atoms with E-state index in [9.17, 15) is 0 Å². The van der Waals surface area contributed by atoms with Gasteiger partial charge in [0.05, 0.1) is 34.0 Å². The second-order valence-electron chi connectivity index (χ2n) is 6.88. The Morgan fingerprint density at radius 1 is 1.21 bits per heavy atom. The van der Waals surface area contributed by atoms with Crippen molar-refractivity contribution in [2.75, 3.05) is 60.2 Å². The number of nitrogens with one attached hydrogen (secondary N) is 1. The first-order valence-electron chi connectivity index (χ1n) is 9.81. The van der Waals surface area contributed by atoms with Gasteiger partial charge in [0.2, 0.25) is 0 Å². The van der Waals surface area contributed by atoms with Gasteiger partial charge < -0.3 is 24.4 Å². The van der Waals surface area contributed by atoms with Crippen molar-refractivity contribution in [1.82, 2.24) is 15.1 Å². The van der Waals surface area contributed by atoms with Crippen molar-refractivity contribution in [3.63, 3.8) is 0 Å². The summed E-state index contributed by atoms with van der Waals surface area (Å²) < 4.78 is 16.3. The van der Waals surface area contributed by atoms with Crippen LogP contribution in [0.2, 0.25) is 0 Å². The quantitative estimate of drug-likeness (QED) is 0.364. The number of hydrogen-bond donors (Lipinski definition) is 1. The van der Waals surface area contributed by atoms with Crippen LogP contribution in [0.25, 0.3) is 0 Å². The molecule has 2 aliphatic heterocycles. The van der Waals surface area contributed by atoms with E-state index in [1.165, 1.54) is 6.42 Å². The molecule has 8 heteroatoms. The van der Waals surface area contributed by atoms with Crippen LogP contribution in [0.1, 0.15) is 18.9 Å². The molecule has 1 unspecified atom stereocenters. The van der Waals surface area contributed by atoms with Gasteiger partial charge in [-0.3, -0.25) is 4.90 Å². The van der Waals surface area contributed by atoms with Crippen molar-refractivity contribution in [3.05, 3.63) is 23.8 Å². The van der Waals surface area contributed by atoms with Gasteiger partial charge in [-0.15, -0.1) is 24.0 Å². The molecule has 2 saturated heterocycles. The number of nitrogens with zero attached hydrogens (tertiary/aromatic N) is 3. The maximum absolute atomic E-state index is 5.50. The molecule has 3 rings (SSSR count). The van der Waals surface area contributed by atoms with Gasteiger partial charge in [-0.2, -0.15) is 0 Å². The molecule has 158 valence electrons. The molecule has 1 N–H and O–H groups in total. The number of halogens is 1. The summed E-state index contributed by atoms with van der Waals surface area (Å²) in [6, 6.07) is 6.46. The molecule has 2 heterocycles. The SMILES string of the molecule is CCNC(=NCc1ccc(OC)cc1OC)N1CCC(N2CCOCC2)C1.I. The highest BCUT2D eigenvalue weighted by atomic mass is 127. The standard InChI is InChI=1S/C20H32N4O3.HI/c1-4-21-20(22-14-16-5-6-18(25-2)13-19(16)26-3)24-8-7-17(15-24)23-9-11-27-12-10-23;/h5-6,13,17H,4,7-12,14-15H2,1-3H3,(H,21,22);1H. The lowest BCUT2D eigenvalue weighted by atomic mass is 10.2. The lowest BCUT2D eigenvalue weighted by Crippen LogP contribution is -2.46. The molecule has 2 fully saturated rings. The van der Waals surface area contributed by atoms with Crippen LogP contribution in [0.4, 0.5) is 0 Å². The largest absolute Gasteiger partial charge is 0.497 e. The summed E-state index contributed by atoms with van der Waals surface area (Å²) in [7, 11) is 3.34. The summed E-state index contributed by atoms with van der Waals surface area (Å²) in [6.45, 7) is 9.37. The molecule has 1 aromatic carbocycles. The Morgan fingerprint density at radius 3 is 2.68 bits per heavy atom. The van der Waals surface area contributed by atoms with Crippen LogP contribution >= 0.6 is 24.0 Å². The first-order valence-corrected chi connectivity index (χ1v) is 9.81. The predicted octanol–water partition coefficient (Wildman–Crippen LogP) is 2.19. The number of rotatable bonds is 6. The van der Waals surface area contributed by atoms with Gasteiger partial charge in [0.25, 0.3) is 0 Å². The number of aliphatic imine (C=N–C) groups is 1. The molecule has 0 amide bonds.